The largest absolute Gasteiger partial charge is 0.481 e. The number of nitrogens with zero attached hydrogens (tertiary/aromatic N) is 1. The first-order valence-corrected chi connectivity index (χ1v) is 6.52. The zero-order valence-electron chi connectivity index (χ0n) is 11.7. The molecule has 114 valence electrons. The molecule has 8 nitrogen and oxygen atoms in total. The standard InChI is InChI=1S/C12H21N3O5/c1-3-15(9-6-20-5-8(9)11(17)18)12(19)14-7(2)4-10(13)16/h7-9H,3-6H2,1-2H3,(H2,13,16)(H,14,19)(H,17,18). The maximum Gasteiger partial charge on any atom is 0.317 e. The van der Waals surface area contributed by atoms with Gasteiger partial charge in [0.2, 0.25) is 5.91 Å². The van der Waals surface area contributed by atoms with E-state index in [0.29, 0.717) is 6.54 Å². The van der Waals surface area contributed by atoms with Gasteiger partial charge in [0.05, 0.1) is 19.3 Å². The van der Waals surface area contributed by atoms with Gasteiger partial charge in [-0.2, -0.15) is 0 Å². The number of carbonyl (C=O) groups is 3. The number of carboxylic acid groups (broad SMARTS) is 1. The fourth-order valence-corrected chi connectivity index (χ4v) is 2.26. The molecule has 3 unspecified atom stereocenters. The van der Waals surface area contributed by atoms with E-state index in [-0.39, 0.29) is 19.6 Å². The lowest BCUT2D eigenvalue weighted by atomic mass is 10.0. The maximum absolute atomic E-state index is 12.1. The topological polar surface area (TPSA) is 122 Å². The van der Waals surface area contributed by atoms with Gasteiger partial charge in [0.25, 0.3) is 0 Å². The van der Waals surface area contributed by atoms with Crippen molar-refractivity contribution in [3.63, 3.8) is 0 Å². The van der Waals surface area contributed by atoms with Crippen LogP contribution in [-0.2, 0) is 14.3 Å². The third kappa shape index (κ3) is 4.09. The van der Waals surface area contributed by atoms with Crippen LogP contribution in [0.2, 0.25) is 0 Å². The number of hydrogen-bond acceptors (Lipinski definition) is 4. The Labute approximate surface area is 117 Å². The summed E-state index contributed by atoms with van der Waals surface area (Å²) in [6.45, 7) is 4.07. The summed E-state index contributed by atoms with van der Waals surface area (Å²) in [5.41, 5.74) is 5.06. The zero-order valence-corrected chi connectivity index (χ0v) is 11.7. The van der Waals surface area contributed by atoms with E-state index in [1.807, 2.05) is 0 Å². The maximum atomic E-state index is 12.1. The van der Waals surface area contributed by atoms with E-state index < -0.39 is 35.9 Å². The summed E-state index contributed by atoms with van der Waals surface area (Å²) in [5.74, 6) is -2.22. The molecule has 3 amide bonds. The average molecular weight is 287 g/mol. The monoisotopic (exact) mass is 287 g/mol. The van der Waals surface area contributed by atoms with Gasteiger partial charge in [0, 0.05) is 19.0 Å². The highest BCUT2D eigenvalue weighted by Crippen LogP contribution is 2.20. The second-order valence-corrected chi connectivity index (χ2v) is 4.86. The first-order chi connectivity index (χ1) is 9.36. The number of carboxylic acids is 1. The number of hydrogen-bond donors (Lipinski definition) is 3. The lowest BCUT2D eigenvalue weighted by Gasteiger charge is -2.30. The third-order valence-electron chi connectivity index (χ3n) is 3.25. The number of nitrogens with one attached hydrogen (secondary N) is 1. The highest BCUT2D eigenvalue weighted by atomic mass is 16.5. The Morgan fingerprint density at radius 3 is 2.60 bits per heavy atom. The number of aliphatic carboxylic acids is 1. The number of amides is 3. The Balaban J connectivity index is 2.67. The predicted molar refractivity (Wildman–Crippen MR) is 69.9 cm³/mol. The molecule has 1 aliphatic rings. The molecule has 0 spiro atoms. The second kappa shape index (κ2) is 7.09. The van der Waals surface area contributed by atoms with E-state index in [1.54, 1.807) is 13.8 Å². The van der Waals surface area contributed by atoms with E-state index in [1.165, 1.54) is 4.90 Å². The van der Waals surface area contributed by atoms with Gasteiger partial charge in [0.15, 0.2) is 0 Å². The fraction of sp³-hybridized carbons (Fsp3) is 0.750. The van der Waals surface area contributed by atoms with E-state index >= 15 is 0 Å². The molecule has 3 atom stereocenters. The third-order valence-corrected chi connectivity index (χ3v) is 3.25. The molecule has 0 aromatic rings. The Morgan fingerprint density at radius 1 is 1.45 bits per heavy atom. The van der Waals surface area contributed by atoms with Crippen molar-refractivity contribution in [2.45, 2.75) is 32.4 Å². The van der Waals surface area contributed by atoms with E-state index in [9.17, 15) is 14.4 Å². The molecule has 0 saturated carbocycles. The van der Waals surface area contributed by atoms with Gasteiger partial charge < -0.3 is 25.8 Å². The normalized spacial score (nSPS) is 23.1. The number of rotatable bonds is 6. The summed E-state index contributed by atoms with van der Waals surface area (Å²) < 4.78 is 5.16. The van der Waals surface area contributed by atoms with Crippen LogP contribution < -0.4 is 11.1 Å². The summed E-state index contributed by atoms with van der Waals surface area (Å²) in [6.07, 6.45) is 0.0345. The molecule has 1 saturated heterocycles. The summed E-state index contributed by atoms with van der Waals surface area (Å²) in [5, 5.41) is 11.7. The van der Waals surface area contributed by atoms with Crippen LogP contribution in [0.25, 0.3) is 0 Å². The molecule has 0 bridgehead atoms. The molecular formula is C12H21N3O5. The Bertz CT molecular complexity index is 387. The quantitative estimate of drug-likeness (QED) is 0.601. The zero-order chi connectivity index (χ0) is 15.3. The molecular weight excluding hydrogens is 266 g/mol. The number of primary amides is 1. The first-order valence-electron chi connectivity index (χ1n) is 6.52. The Kier molecular flexibility index (Phi) is 5.75. The van der Waals surface area contributed by atoms with Crippen molar-refractivity contribution in [2.75, 3.05) is 19.8 Å². The van der Waals surface area contributed by atoms with Crippen LogP contribution in [0.4, 0.5) is 4.79 Å². The fourth-order valence-electron chi connectivity index (χ4n) is 2.26. The second-order valence-electron chi connectivity index (χ2n) is 4.86. The van der Waals surface area contributed by atoms with Crippen molar-refractivity contribution in [1.29, 1.82) is 0 Å². The SMILES string of the molecule is CCN(C(=O)NC(C)CC(N)=O)C1COCC1C(=O)O. The number of ether oxygens (including phenoxy) is 1. The minimum atomic E-state index is -0.982. The van der Waals surface area contributed by atoms with Crippen molar-refractivity contribution in [1.82, 2.24) is 10.2 Å². The number of urea groups is 1. The van der Waals surface area contributed by atoms with Crippen molar-refractivity contribution in [3.05, 3.63) is 0 Å². The highest BCUT2D eigenvalue weighted by Gasteiger charge is 2.39. The Hall–Kier alpha value is -1.83. The molecule has 4 N–H and O–H groups in total. The van der Waals surface area contributed by atoms with Crippen molar-refractivity contribution < 1.29 is 24.2 Å². The Morgan fingerprint density at radius 2 is 2.10 bits per heavy atom. The van der Waals surface area contributed by atoms with Crippen molar-refractivity contribution in [3.8, 4) is 0 Å². The van der Waals surface area contributed by atoms with Gasteiger partial charge in [-0.3, -0.25) is 9.59 Å². The average Bonchev–Trinajstić information content (AvgIpc) is 2.77. The minimum absolute atomic E-state index is 0.0345. The minimum Gasteiger partial charge on any atom is -0.481 e. The molecule has 0 radical (unpaired) electrons. The molecule has 1 heterocycles. The summed E-state index contributed by atoms with van der Waals surface area (Å²) in [7, 11) is 0. The number of likely N-dealkylation sites (N-methyl/N-ethyl adjacent to an activating group) is 1. The summed E-state index contributed by atoms with van der Waals surface area (Å²) in [6, 6.07) is -1.32. The molecule has 1 rings (SSSR count). The summed E-state index contributed by atoms with van der Waals surface area (Å²) >= 11 is 0. The first kappa shape index (κ1) is 16.2. The van der Waals surface area contributed by atoms with Crippen molar-refractivity contribution >= 4 is 17.9 Å². The van der Waals surface area contributed by atoms with Crippen LogP contribution in [0.5, 0.6) is 0 Å². The van der Waals surface area contributed by atoms with Crippen LogP contribution in [0.1, 0.15) is 20.3 Å². The van der Waals surface area contributed by atoms with E-state index in [4.69, 9.17) is 15.6 Å². The van der Waals surface area contributed by atoms with Gasteiger partial charge in [-0.15, -0.1) is 0 Å². The molecule has 0 aromatic heterocycles. The van der Waals surface area contributed by atoms with E-state index in [2.05, 4.69) is 5.32 Å². The molecule has 1 fully saturated rings. The van der Waals surface area contributed by atoms with Crippen LogP contribution in [-0.4, -0.2) is 59.8 Å². The lowest BCUT2D eigenvalue weighted by molar-refractivity contribution is -0.142. The number of nitrogens with two attached hydrogens (primary N) is 1. The highest BCUT2D eigenvalue weighted by molar-refractivity contribution is 5.79. The molecule has 20 heavy (non-hydrogen) atoms. The smallest absolute Gasteiger partial charge is 0.317 e. The van der Waals surface area contributed by atoms with Gasteiger partial charge in [-0.1, -0.05) is 0 Å². The van der Waals surface area contributed by atoms with Crippen molar-refractivity contribution in [2.24, 2.45) is 11.7 Å². The van der Waals surface area contributed by atoms with Gasteiger partial charge in [0.1, 0.15) is 5.92 Å². The summed E-state index contributed by atoms with van der Waals surface area (Å²) in [4.78, 5) is 35.5. The van der Waals surface area contributed by atoms with E-state index in [0.717, 1.165) is 0 Å². The van der Waals surface area contributed by atoms with Gasteiger partial charge >= 0.3 is 12.0 Å². The van der Waals surface area contributed by atoms with Crippen LogP contribution >= 0.6 is 0 Å². The molecule has 0 aliphatic carbocycles. The van der Waals surface area contributed by atoms with Crippen LogP contribution in [0.15, 0.2) is 0 Å². The molecule has 1 aliphatic heterocycles. The van der Waals surface area contributed by atoms with Crippen LogP contribution in [0.3, 0.4) is 0 Å². The van der Waals surface area contributed by atoms with Crippen LogP contribution in [0, 0.1) is 5.92 Å². The van der Waals surface area contributed by atoms with Gasteiger partial charge in [-0.25, -0.2) is 4.79 Å². The number of carbonyl (C=O) groups excluding carboxylic acids is 2. The predicted octanol–water partition coefficient (Wildman–Crippen LogP) is -0.619. The molecule has 0 aromatic carbocycles. The molecule has 8 heteroatoms. The lowest BCUT2D eigenvalue weighted by Crippen LogP contribution is -2.52. The van der Waals surface area contributed by atoms with Gasteiger partial charge in [-0.05, 0) is 13.8 Å².